The van der Waals surface area contributed by atoms with Gasteiger partial charge in [-0.3, -0.25) is 4.57 Å². The van der Waals surface area contributed by atoms with E-state index in [1.54, 1.807) is 0 Å². The van der Waals surface area contributed by atoms with Gasteiger partial charge in [-0.2, -0.15) is 5.10 Å². The zero-order valence-corrected chi connectivity index (χ0v) is 11.5. The molecule has 1 aromatic carbocycles. The van der Waals surface area contributed by atoms with Gasteiger partial charge >= 0.3 is 5.69 Å². The molecule has 1 aliphatic rings. The number of nitrogens with one attached hydrogen (secondary N) is 2. The first-order valence-corrected chi connectivity index (χ1v) is 7.29. The Kier molecular flexibility index (Phi) is 3.85. The second kappa shape index (κ2) is 5.94. The van der Waals surface area contributed by atoms with Crippen molar-refractivity contribution >= 4 is 5.69 Å². The highest BCUT2D eigenvalue weighted by Crippen LogP contribution is 2.28. The first-order valence-electron chi connectivity index (χ1n) is 7.29. The van der Waals surface area contributed by atoms with E-state index < -0.39 is 0 Å². The van der Waals surface area contributed by atoms with Gasteiger partial charge in [0.1, 0.15) is 5.82 Å². The quantitative estimate of drug-likeness (QED) is 0.878. The standard InChI is InChI=1S/C15H20N4O/c20-15-18-17-14(19(15)13-8-4-5-9-13)10-11-16-12-6-2-1-3-7-12/h1-3,6-7,13,16H,4-5,8-11H2,(H,18,20). The minimum Gasteiger partial charge on any atom is -0.385 e. The lowest BCUT2D eigenvalue weighted by Gasteiger charge is -2.13. The van der Waals surface area contributed by atoms with Gasteiger partial charge in [0.25, 0.3) is 0 Å². The number of nitrogens with zero attached hydrogens (tertiary/aromatic N) is 2. The highest BCUT2D eigenvalue weighted by molar-refractivity contribution is 5.42. The van der Waals surface area contributed by atoms with Crippen molar-refractivity contribution in [2.75, 3.05) is 11.9 Å². The fourth-order valence-corrected chi connectivity index (χ4v) is 2.93. The maximum absolute atomic E-state index is 11.9. The van der Waals surface area contributed by atoms with E-state index in [2.05, 4.69) is 15.5 Å². The van der Waals surface area contributed by atoms with Crippen molar-refractivity contribution in [3.8, 4) is 0 Å². The smallest absolute Gasteiger partial charge is 0.343 e. The molecule has 0 saturated heterocycles. The van der Waals surface area contributed by atoms with Gasteiger partial charge in [-0.1, -0.05) is 31.0 Å². The Bertz CT molecular complexity index is 596. The Labute approximate surface area is 118 Å². The van der Waals surface area contributed by atoms with Crippen LogP contribution in [0.25, 0.3) is 0 Å². The largest absolute Gasteiger partial charge is 0.385 e. The fourth-order valence-electron chi connectivity index (χ4n) is 2.93. The summed E-state index contributed by atoms with van der Waals surface area (Å²) in [6.45, 7) is 0.779. The molecule has 0 radical (unpaired) electrons. The summed E-state index contributed by atoms with van der Waals surface area (Å²) in [5.74, 6) is 0.866. The van der Waals surface area contributed by atoms with Crippen molar-refractivity contribution in [3.05, 3.63) is 46.6 Å². The van der Waals surface area contributed by atoms with Gasteiger partial charge in [-0.25, -0.2) is 9.89 Å². The summed E-state index contributed by atoms with van der Waals surface area (Å²) in [6, 6.07) is 10.4. The van der Waals surface area contributed by atoms with Crippen LogP contribution in [0.1, 0.15) is 37.5 Å². The molecule has 1 fully saturated rings. The van der Waals surface area contributed by atoms with E-state index in [0.29, 0.717) is 6.04 Å². The summed E-state index contributed by atoms with van der Waals surface area (Å²) in [6.07, 6.45) is 5.37. The number of benzene rings is 1. The van der Waals surface area contributed by atoms with Crippen LogP contribution in [0, 0.1) is 0 Å². The van der Waals surface area contributed by atoms with Crippen molar-refractivity contribution in [2.24, 2.45) is 0 Å². The zero-order chi connectivity index (χ0) is 13.8. The van der Waals surface area contributed by atoms with Gasteiger partial charge in [0.05, 0.1) is 0 Å². The summed E-state index contributed by atoms with van der Waals surface area (Å²) in [7, 11) is 0. The third-order valence-electron chi connectivity index (χ3n) is 3.92. The number of aromatic amines is 1. The first-order chi connectivity index (χ1) is 9.84. The number of para-hydroxylation sites is 1. The molecule has 0 bridgehead atoms. The van der Waals surface area contributed by atoms with Crippen LogP contribution in [0.5, 0.6) is 0 Å². The molecule has 0 amide bonds. The summed E-state index contributed by atoms with van der Waals surface area (Å²) < 4.78 is 1.86. The molecular weight excluding hydrogens is 252 g/mol. The molecule has 1 saturated carbocycles. The highest BCUT2D eigenvalue weighted by atomic mass is 16.1. The number of hydrogen-bond donors (Lipinski definition) is 2. The summed E-state index contributed by atoms with van der Waals surface area (Å²) in [5.41, 5.74) is 1.03. The molecule has 20 heavy (non-hydrogen) atoms. The first kappa shape index (κ1) is 13.0. The van der Waals surface area contributed by atoms with Crippen LogP contribution in [0.4, 0.5) is 5.69 Å². The van der Waals surface area contributed by atoms with E-state index >= 15 is 0 Å². The van der Waals surface area contributed by atoms with Gasteiger partial charge in [0, 0.05) is 24.7 Å². The Morgan fingerprint density at radius 2 is 2.00 bits per heavy atom. The van der Waals surface area contributed by atoms with E-state index in [1.165, 1.54) is 12.8 Å². The number of anilines is 1. The van der Waals surface area contributed by atoms with E-state index in [9.17, 15) is 4.79 Å². The van der Waals surface area contributed by atoms with Crippen molar-refractivity contribution in [1.82, 2.24) is 14.8 Å². The Hall–Kier alpha value is -2.04. The lowest BCUT2D eigenvalue weighted by atomic mass is 10.2. The van der Waals surface area contributed by atoms with Crippen LogP contribution in [-0.4, -0.2) is 21.3 Å². The predicted octanol–water partition coefficient (Wildman–Crippen LogP) is 2.34. The van der Waals surface area contributed by atoms with Gasteiger partial charge < -0.3 is 5.32 Å². The van der Waals surface area contributed by atoms with Crippen LogP contribution in [0.15, 0.2) is 35.1 Å². The molecule has 5 heteroatoms. The molecule has 1 aromatic heterocycles. The Morgan fingerprint density at radius 1 is 1.25 bits per heavy atom. The number of hydrogen-bond acceptors (Lipinski definition) is 3. The van der Waals surface area contributed by atoms with Crippen molar-refractivity contribution < 1.29 is 0 Å². The molecule has 1 heterocycles. The normalized spacial score (nSPS) is 15.6. The predicted molar refractivity (Wildman–Crippen MR) is 79.0 cm³/mol. The van der Waals surface area contributed by atoms with Crippen molar-refractivity contribution in [3.63, 3.8) is 0 Å². The van der Waals surface area contributed by atoms with Crippen molar-refractivity contribution in [2.45, 2.75) is 38.1 Å². The molecule has 2 aromatic rings. The summed E-state index contributed by atoms with van der Waals surface area (Å²) in [5, 5.41) is 10.1. The molecule has 5 nitrogen and oxygen atoms in total. The third-order valence-corrected chi connectivity index (χ3v) is 3.92. The van der Waals surface area contributed by atoms with Crippen LogP contribution in [-0.2, 0) is 6.42 Å². The van der Waals surface area contributed by atoms with Crippen molar-refractivity contribution in [1.29, 1.82) is 0 Å². The van der Waals surface area contributed by atoms with Crippen LogP contribution in [0.3, 0.4) is 0 Å². The Morgan fingerprint density at radius 3 is 2.75 bits per heavy atom. The van der Waals surface area contributed by atoms with E-state index in [1.807, 2.05) is 34.9 Å². The zero-order valence-electron chi connectivity index (χ0n) is 11.5. The Balaban J connectivity index is 1.64. The second-order valence-electron chi connectivity index (χ2n) is 5.30. The summed E-state index contributed by atoms with van der Waals surface area (Å²) in [4.78, 5) is 11.9. The molecule has 106 valence electrons. The molecule has 0 unspecified atom stereocenters. The topological polar surface area (TPSA) is 62.7 Å². The molecule has 2 N–H and O–H groups in total. The van der Waals surface area contributed by atoms with E-state index in [-0.39, 0.29) is 5.69 Å². The lowest BCUT2D eigenvalue weighted by Crippen LogP contribution is -2.23. The average Bonchev–Trinajstić information content (AvgIpc) is 3.10. The second-order valence-corrected chi connectivity index (χ2v) is 5.30. The monoisotopic (exact) mass is 272 g/mol. The molecule has 1 aliphatic carbocycles. The number of aromatic nitrogens is 3. The van der Waals surface area contributed by atoms with Crippen LogP contribution in [0.2, 0.25) is 0 Å². The molecule has 3 rings (SSSR count). The minimum absolute atomic E-state index is 0.0633. The fraction of sp³-hybridized carbons (Fsp3) is 0.467. The maximum atomic E-state index is 11.9. The van der Waals surface area contributed by atoms with E-state index in [0.717, 1.165) is 37.3 Å². The molecular formula is C15H20N4O. The molecule has 0 atom stereocenters. The summed E-state index contributed by atoms with van der Waals surface area (Å²) >= 11 is 0. The SMILES string of the molecule is O=c1[nH]nc(CCNc2ccccc2)n1C1CCCC1. The minimum atomic E-state index is -0.0633. The van der Waals surface area contributed by atoms with Gasteiger partial charge in [0.2, 0.25) is 0 Å². The lowest BCUT2D eigenvalue weighted by molar-refractivity contribution is 0.485. The third kappa shape index (κ3) is 2.76. The van der Waals surface area contributed by atoms with Crippen LogP contribution >= 0.6 is 0 Å². The molecule has 0 spiro atoms. The van der Waals surface area contributed by atoms with Gasteiger partial charge in [0.15, 0.2) is 0 Å². The number of rotatable bonds is 5. The number of H-pyrrole nitrogens is 1. The van der Waals surface area contributed by atoms with Gasteiger partial charge in [-0.05, 0) is 25.0 Å². The molecule has 0 aliphatic heterocycles. The average molecular weight is 272 g/mol. The van der Waals surface area contributed by atoms with E-state index in [4.69, 9.17) is 0 Å². The van der Waals surface area contributed by atoms with Gasteiger partial charge in [-0.15, -0.1) is 0 Å². The maximum Gasteiger partial charge on any atom is 0.343 e. The van der Waals surface area contributed by atoms with Crippen LogP contribution < -0.4 is 11.0 Å². The highest BCUT2D eigenvalue weighted by Gasteiger charge is 2.21.